The number of halogens is 1. The molecule has 0 aliphatic carbocycles. The lowest BCUT2D eigenvalue weighted by Gasteiger charge is -2.13. The Morgan fingerprint density at radius 3 is 2.83 bits per heavy atom. The molecule has 130 valence electrons. The van der Waals surface area contributed by atoms with Gasteiger partial charge in [0.15, 0.2) is 6.10 Å². The molecule has 9 heteroatoms. The molecule has 1 aliphatic rings. The minimum absolute atomic E-state index is 0.00327. The molecule has 1 aromatic carbocycles. The summed E-state index contributed by atoms with van der Waals surface area (Å²) in [6.07, 6.45) is -0.143. The lowest BCUT2D eigenvalue weighted by Crippen LogP contribution is -2.36. The maximum Gasteiger partial charge on any atom is 0.319 e. The average Bonchev–Trinajstić information content (AvgIpc) is 2.97. The lowest BCUT2D eigenvalue weighted by atomic mass is 10.2. The van der Waals surface area contributed by atoms with Gasteiger partial charge in [0, 0.05) is 12.1 Å². The fourth-order valence-electron chi connectivity index (χ4n) is 1.99. The molecule has 0 aromatic heterocycles. The zero-order valence-electron chi connectivity index (χ0n) is 13.3. The van der Waals surface area contributed by atoms with Crippen LogP contribution >= 0.6 is 11.6 Å². The van der Waals surface area contributed by atoms with E-state index in [0.717, 1.165) is 0 Å². The first kappa shape index (κ1) is 17.9. The number of primary amides is 1. The molecular weight excluding hydrogens is 336 g/mol. The molecule has 0 bridgehead atoms. The smallest absolute Gasteiger partial charge is 0.319 e. The van der Waals surface area contributed by atoms with Crippen molar-refractivity contribution < 1.29 is 19.2 Å². The normalized spacial score (nSPS) is 16.3. The number of carbonyl (C=O) groups excluding carboxylic acids is 2. The van der Waals surface area contributed by atoms with E-state index >= 15 is 0 Å². The summed E-state index contributed by atoms with van der Waals surface area (Å²) in [4.78, 5) is 27.8. The van der Waals surface area contributed by atoms with Gasteiger partial charge in [-0.3, -0.25) is 4.79 Å². The van der Waals surface area contributed by atoms with E-state index < -0.39 is 18.0 Å². The van der Waals surface area contributed by atoms with Crippen LogP contribution in [0.1, 0.15) is 20.3 Å². The summed E-state index contributed by atoms with van der Waals surface area (Å²) >= 11 is 6.11. The van der Waals surface area contributed by atoms with Gasteiger partial charge in [0.05, 0.1) is 17.7 Å². The van der Waals surface area contributed by atoms with Crippen LogP contribution < -0.4 is 21.1 Å². The van der Waals surface area contributed by atoms with Gasteiger partial charge in [0.2, 0.25) is 0 Å². The molecule has 0 radical (unpaired) electrons. The van der Waals surface area contributed by atoms with Gasteiger partial charge >= 0.3 is 6.03 Å². The number of amides is 3. The van der Waals surface area contributed by atoms with Crippen LogP contribution in [0.25, 0.3) is 0 Å². The molecule has 0 spiro atoms. The number of anilines is 1. The number of urea groups is 1. The van der Waals surface area contributed by atoms with Crippen molar-refractivity contribution in [3.63, 3.8) is 0 Å². The van der Waals surface area contributed by atoms with E-state index in [0.29, 0.717) is 16.5 Å². The van der Waals surface area contributed by atoms with Crippen molar-refractivity contribution in [2.45, 2.75) is 32.5 Å². The molecule has 24 heavy (non-hydrogen) atoms. The fourth-order valence-corrected chi connectivity index (χ4v) is 2.22. The predicted molar refractivity (Wildman–Crippen MR) is 90.4 cm³/mol. The maximum atomic E-state index is 11.9. The second-order valence-corrected chi connectivity index (χ2v) is 5.89. The van der Waals surface area contributed by atoms with Crippen LogP contribution in [-0.2, 0) is 9.63 Å². The van der Waals surface area contributed by atoms with Gasteiger partial charge in [-0.2, -0.15) is 0 Å². The summed E-state index contributed by atoms with van der Waals surface area (Å²) in [7, 11) is 0. The Morgan fingerprint density at radius 1 is 1.50 bits per heavy atom. The third-order valence-electron chi connectivity index (χ3n) is 3.06. The van der Waals surface area contributed by atoms with Gasteiger partial charge in [-0.05, 0) is 32.0 Å². The van der Waals surface area contributed by atoms with E-state index in [1.54, 1.807) is 18.2 Å². The maximum absolute atomic E-state index is 11.9. The molecule has 1 heterocycles. The van der Waals surface area contributed by atoms with Gasteiger partial charge in [-0.15, -0.1) is 0 Å². The molecule has 4 N–H and O–H groups in total. The summed E-state index contributed by atoms with van der Waals surface area (Å²) in [5, 5.41) is 9.24. The third-order valence-corrected chi connectivity index (χ3v) is 3.36. The molecule has 0 saturated heterocycles. The Kier molecular flexibility index (Phi) is 5.86. The fraction of sp³-hybridized carbons (Fsp3) is 0.400. The number of carbonyl (C=O) groups is 2. The van der Waals surface area contributed by atoms with Crippen LogP contribution in [0.15, 0.2) is 23.4 Å². The number of nitrogens with two attached hydrogens (primary N) is 1. The number of rotatable bonds is 6. The molecule has 1 aromatic rings. The predicted octanol–water partition coefficient (Wildman–Crippen LogP) is 1.88. The third kappa shape index (κ3) is 5.02. The minimum atomic E-state index is -0.625. The van der Waals surface area contributed by atoms with E-state index in [1.165, 1.54) is 0 Å². The average molecular weight is 355 g/mol. The van der Waals surface area contributed by atoms with Crippen LogP contribution in [0.4, 0.5) is 10.5 Å². The summed E-state index contributed by atoms with van der Waals surface area (Å²) in [5.41, 5.74) is 5.79. The molecular formula is C15H19ClN4O4. The van der Waals surface area contributed by atoms with E-state index in [2.05, 4.69) is 15.8 Å². The standard InChI is InChI=1S/C15H19ClN4O4/c1-8(2)23-13-4-3-9(5-11(13)16)19-15(22)18-7-10-6-12(14(17)21)20-24-10/h3-5,8,10H,6-7H2,1-2H3,(H2,17,21)(H2,18,19,22)/t10-/m0/s1. The minimum Gasteiger partial charge on any atom is -0.489 e. The second-order valence-electron chi connectivity index (χ2n) is 5.48. The number of oxime groups is 1. The highest BCUT2D eigenvalue weighted by Crippen LogP contribution is 2.28. The van der Waals surface area contributed by atoms with E-state index in [1.807, 2.05) is 13.8 Å². The molecule has 2 rings (SSSR count). The Balaban J connectivity index is 1.81. The quantitative estimate of drug-likeness (QED) is 0.723. The Labute approximate surface area is 144 Å². The highest BCUT2D eigenvalue weighted by atomic mass is 35.5. The highest BCUT2D eigenvalue weighted by molar-refractivity contribution is 6.38. The summed E-state index contributed by atoms with van der Waals surface area (Å²) in [6, 6.07) is 4.54. The largest absolute Gasteiger partial charge is 0.489 e. The van der Waals surface area contributed by atoms with Gasteiger partial charge in [-0.1, -0.05) is 16.8 Å². The van der Waals surface area contributed by atoms with Crippen LogP contribution in [0.2, 0.25) is 5.02 Å². The molecule has 0 fully saturated rings. The molecule has 1 aliphatic heterocycles. The number of nitrogens with zero attached hydrogens (tertiary/aromatic N) is 1. The van der Waals surface area contributed by atoms with Crippen molar-refractivity contribution in [2.24, 2.45) is 10.9 Å². The first-order valence-corrected chi connectivity index (χ1v) is 7.76. The van der Waals surface area contributed by atoms with Crippen molar-refractivity contribution in [1.82, 2.24) is 5.32 Å². The first-order chi connectivity index (χ1) is 11.3. The number of nitrogens with one attached hydrogen (secondary N) is 2. The molecule has 8 nitrogen and oxygen atoms in total. The summed E-state index contributed by atoms with van der Waals surface area (Å²) < 4.78 is 5.52. The second kappa shape index (κ2) is 7.87. The SMILES string of the molecule is CC(C)Oc1ccc(NC(=O)NC[C@@H]2CC(C(N)=O)=NO2)cc1Cl. The van der Waals surface area contributed by atoms with E-state index in [-0.39, 0.29) is 24.8 Å². The van der Waals surface area contributed by atoms with Gasteiger partial charge < -0.3 is 25.9 Å². The highest BCUT2D eigenvalue weighted by Gasteiger charge is 2.24. The van der Waals surface area contributed by atoms with Crippen molar-refractivity contribution in [2.75, 3.05) is 11.9 Å². The number of hydrogen-bond donors (Lipinski definition) is 3. The van der Waals surface area contributed by atoms with Gasteiger partial charge in [0.25, 0.3) is 5.91 Å². The van der Waals surface area contributed by atoms with Crippen molar-refractivity contribution >= 4 is 34.9 Å². The Hall–Kier alpha value is -2.48. The Bertz CT molecular complexity index is 663. The van der Waals surface area contributed by atoms with Crippen LogP contribution in [-0.4, -0.2) is 36.4 Å². The molecule has 0 unspecified atom stereocenters. The zero-order valence-corrected chi connectivity index (χ0v) is 14.1. The first-order valence-electron chi connectivity index (χ1n) is 7.38. The lowest BCUT2D eigenvalue weighted by molar-refractivity contribution is -0.112. The Morgan fingerprint density at radius 2 is 2.25 bits per heavy atom. The van der Waals surface area contributed by atoms with Gasteiger partial charge in [-0.25, -0.2) is 4.79 Å². The zero-order chi connectivity index (χ0) is 17.7. The van der Waals surface area contributed by atoms with Gasteiger partial charge in [0.1, 0.15) is 11.5 Å². The van der Waals surface area contributed by atoms with Crippen LogP contribution in [0.3, 0.4) is 0 Å². The van der Waals surface area contributed by atoms with Crippen LogP contribution in [0.5, 0.6) is 5.75 Å². The number of hydrogen-bond acceptors (Lipinski definition) is 5. The molecule has 3 amide bonds. The van der Waals surface area contributed by atoms with Crippen molar-refractivity contribution in [1.29, 1.82) is 0 Å². The number of ether oxygens (including phenoxy) is 1. The van der Waals surface area contributed by atoms with Crippen molar-refractivity contribution in [3.05, 3.63) is 23.2 Å². The van der Waals surface area contributed by atoms with Crippen molar-refractivity contribution in [3.8, 4) is 5.75 Å². The summed E-state index contributed by atoms with van der Waals surface area (Å²) in [6.45, 7) is 3.98. The number of benzene rings is 1. The van der Waals surface area contributed by atoms with E-state index in [4.69, 9.17) is 26.9 Å². The van der Waals surface area contributed by atoms with E-state index in [9.17, 15) is 9.59 Å². The monoisotopic (exact) mass is 354 g/mol. The molecule has 0 saturated carbocycles. The summed E-state index contributed by atoms with van der Waals surface area (Å²) in [5.74, 6) is -0.0755. The molecule has 1 atom stereocenters. The van der Waals surface area contributed by atoms with Crippen LogP contribution in [0, 0.1) is 0 Å². The topological polar surface area (TPSA) is 115 Å².